The molecule has 6 atom stereocenters. The van der Waals surface area contributed by atoms with Crippen molar-refractivity contribution >= 4 is 11.9 Å². The average Bonchev–Trinajstić information content (AvgIpc) is 2.46. The molecule has 23 heavy (non-hydrogen) atoms. The molecule has 1 aliphatic rings. The van der Waals surface area contributed by atoms with Gasteiger partial charge in [0.15, 0.2) is 0 Å². The highest BCUT2D eigenvalue weighted by Crippen LogP contribution is 2.31. The third-order valence-corrected chi connectivity index (χ3v) is 3.39. The third kappa shape index (κ3) is 4.28. The van der Waals surface area contributed by atoms with E-state index in [-0.39, 0.29) is 0 Å². The molecule has 0 aromatic rings. The van der Waals surface area contributed by atoms with Crippen molar-refractivity contribution in [2.75, 3.05) is 6.61 Å². The molecule has 1 aliphatic heterocycles. The SMILES string of the molecule is CC(=O)N[C@H]1[C@H]([C@H](N=[N+]=[N-])[C@H](O)CO)O[C@@](O)(C(=O)O)C[C@@H]1O. The number of rotatable bonds is 6. The largest absolute Gasteiger partial charge is 0.477 e. The molecule has 0 bridgehead atoms. The van der Waals surface area contributed by atoms with Crippen LogP contribution in [0, 0.1) is 0 Å². The van der Waals surface area contributed by atoms with Crippen LogP contribution in [-0.2, 0) is 14.3 Å². The van der Waals surface area contributed by atoms with Gasteiger partial charge >= 0.3 is 5.97 Å². The van der Waals surface area contributed by atoms with Crippen LogP contribution in [0.3, 0.4) is 0 Å². The average molecular weight is 334 g/mol. The lowest BCUT2D eigenvalue weighted by Crippen LogP contribution is -2.66. The van der Waals surface area contributed by atoms with Crippen molar-refractivity contribution in [2.45, 2.75) is 49.5 Å². The van der Waals surface area contributed by atoms with E-state index in [0.29, 0.717) is 0 Å². The second-order valence-electron chi connectivity index (χ2n) is 5.12. The van der Waals surface area contributed by atoms with Crippen molar-refractivity contribution in [3.8, 4) is 0 Å². The summed E-state index contributed by atoms with van der Waals surface area (Å²) in [6, 6.07) is -2.84. The number of nitrogens with one attached hydrogen (secondary N) is 1. The van der Waals surface area contributed by atoms with Crippen molar-refractivity contribution in [1.82, 2.24) is 5.32 Å². The number of carbonyl (C=O) groups is 2. The number of aliphatic hydroxyl groups is 4. The predicted octanol–water partition coefficient (Wildman–Crippen LogP) is -2.55. The van der Waals surface area contributed by atoms with Crippen LogP contribution in [0.1, 0.15) is 13.3 Å². The quantitative estimate of drug-likeness (QED) is 0.173. The Bertz CT molecular complexity index is 510. The van der Waals surface area contributed by atoms with Crippen LogP contribution in [0.15, 0.2) is 5.11 Å². The zero-order chi connectivity index (χ0) is 17.8. The van der Waals surface area contributed by atoms with Crippen molar-refractivity contribution in [3.63, 3.8) is 0 Å². The molecular formula is C11H18N4O8. The molecule has 12 heteroatoms. The Balaban J connectivity index is 3.26. The Kier molecular flexibility index (Phi) is 6.27. The molecule has 1 saturated heterocycles. The number of carboxylic acids is 1. The molecule has 0 aliphatic carbocycles. The van der Waals surface area contributed by atoms with Crippen LogP contribution in [0.2, 0.25) is 0 Å². The van der Waals surface area contributed by atoms with Crippen LogP contribution >= 0.6 is 0 Å². The molecule has 130 valence electrons. The van der Waals surface area contributed by atoms with Gasteiger partial charge in [-0.15, -0.1) is 0 Å². The molecule has 6 N–H and O–H groups in total. The van der Waals surface area contributed by atoms with E-state index >= 15 is 0 Å². The number of amides is 1. The molecule has 0 saturated carbocycles. The van der Waals surface area contributed by atoms with Crippen LogP contribution in [0.5, 0.6) is 0 Å². The van der Waals surface area contributed by atoms with Gasteiger partial charge in [0.05, 0.1) is 37.0 Å². The van der Waals surface area contributed by atoms with Gasteiger partial charge in [0.25, 0.3) is 5.79 Å². The number of hydrogen-bond acceptors (Lipinski definition) is 8. The number of hydrogen-bond donors (Lipinski definition) is 6. The first-order valence-corrected chi connectivity index (χ1v) is 6.58. The summed E-state index contributed by atoms with van der Waals surface area (Å²) in [5, 5.41) is 53.3. The van der Waals surface area contributed by atoms with Gasteiger partial charge in [-0.05, 0) is 5.53 Å². The number of azide groups is 1. The molecule has 1 rings (SSSR count). The van der Waals surface area contributed by atoms with E-state index in [1.807, 2.05) is 0 Å². The standard InChI is InChI=1S/C11H18N4O8/c1-4(17)13-7-5(18)2-11(22,10(20)21)23-9(7)8(14-15-12)6(19)3-16/h5-9,16,18-19,22H,2-3H2,1H3,(H,13,17)(H,20,21)/t5-,6+,7+,8+,9+,11+/m0/s1. The molecule has 0 aromatic heterocycles. The summed E-state index contributed by atoms with van der Waals surface area (Å²) in [4.78, 5) is 24.8. The Morgan fingerprint density at radius 1 is 1.57 bits per heavy atom. The lowest BCUT2D eigenvalue weighted by atomic mass is 9.87. The highest BCUT2D eigenvalue weighted by molar-refractivity contribution is 5.76. The fourth-order valence-electron chi connectivity index (χ4n) is 2.34. The minimum atomic E-state index is -2.81. The summed E-state index contributed by atoms with van der Waals surface area (Å²) in [6.45, 7) is 0.255. The lowest BCUT2D eigenvalue weighted by Gasteiger charge is -2.45. The maximum atomic E-state index is 11.2. The van der Waals surface area contributed by atoms with E-state index in [9.17, 15) is 24.9 Å². The van der Waals surface area contributed by atoms with E-state index in [4.69, 9.17) is 20.5 Å². The van der Waals surface area contributed by atoms with Crippen molar-refractivity contribution < 1.29 is 39.9 Å². The summed E-state index contributed by atoms with van der Waals surface area (Å²) in [7, 11) is 0. The van der Waals surface area contributed by atoms with E-state index in [1.165, 1.54) is 0 Å². The minimum absolute atomic E-state index is 0.610. The molecule has 1 amide bonds. The maximum Gasteiger partial charge on any atom is 0.364 e. The Morgan fingerprint density at radius 3 is 2.61 bits per heavy atom. The zero-order valence-electron chi connectivity index (χ0n) is 12.1. The summed E-state index contributed by atoms with van der Waals surface area (Å²) in [5.41, 5.74) is 8.57. The topological polar surface area (TPSA) is 205 Å². The second kappa shape index (κ2) is 7.55. The Labute approximate surface area is 129 Å². The van der Waals surface area contributed by atoms with Gasteiger partial charge < -0.3 is 35.6 Å². The third-order valence-electron chi connectivity index (χ3n) is 3.39. The van der Waals surface area contributed by atoms with Crippen LogP contribution in [-0.4, -0.2) is 80.2 Å². The summed E-state index contributed by atoms with van der Waals surface area (Å²) in [6.07, 6.45) is -5.60. The van der Waals surface area contributed by atoms with Crippen molar-refractivity contribution in [2.24, 2.45) is 5.11 Å². The van der Waals surface area contributed by atoms with Crippen LogP contribution < -0.4 is 5.32 Å². The minimum Gasteiger partial charge on any atom is -0.477 e. The molecule has 0 unspecified atom stereocenters. The zero-order valence-corrected chi connectivity index (χ0v) is 12.1. The van der Waals surface area contributed by atoms with E-state index in [0.717, 1.165) is 6.92 Å². The van der Waals surface area contributed by atoms with E-state index in [1.54, 1.807) is 0 Å². The van der Waals surface area contributed by atoms with Gasteiger partial charge in [-0.25, -0.2) is 4.79 Å². The molecular weight excluding hydrogens is 316 g/mol. The number of carbonyl (C=O) groups excluding carboxylic acids is 1. The first-order chi connectivity index (χ1) is 10.7. The normalized spacial score (nSPS) is 33.2. The molecule has 1 fully saturated rings. The van der Waals surface area contributed by atoms with Gasteiger partial charge in [-0.1, -0.05) is 5.11 Å². The number of nitrogens with zero attached hydrogens (tertiary/aromatic N) is 3. The monoisotopic (exact) mass is 334 g/mol. The second-order valence-corrected chi connectivity index (χ2v) is 5.12. The molecule has 0 radical (unpaired) electrons. The maximum absolute atomic E-state index is 11.2. The van der Waals surface area contributed by atoms with Gasteiger partial charge in [-0.2, -0.15) is 0 Å². The fourth-order valence-corrected chi connectivity index (χ4v) is 2.34. The van der Waals surface area contributed by atoms with Crippen molar-refractivity contribution in [3.05, 3.63) is 10.4 Å². The lowest BCUT2D eigenvalue weighted by molar-refractivity contribution is -0.282. The van der Waals surface area contributed by atoms with Gasteiger partial charge in [0, 0.05) is 18.3 Å². The molecule has 0 spiro atoms. The van der Waals surface area contributed by atoms with Crippen LogP contribution in [0.4, 0.5) is 0 Å². The Morgan fingerprint density at radius 2 is 2.17 bits per heavy atom. The molecule has 0 aromatic carbocycles. The first kappa shape index (κ1) is 19.1. The number of aliphatic hydroxyl groups excluding tert-OH is 3. The van der Waals surface area contributed by atoms with Crippen LogP contribution in [0.25, 0.3) is 10.4 Å². The fraction of sp³-hybridized carbons (Fsp3) is 0.818. The predicted molar refractivity (Wildman–Crippen MR) is 71.7 cm³/mol. The summed E-state index contributed by atoms with van der Waals surface area (Å²) >= 11 is 0. The van der Waals surface area contributed by atoms with E-state index in [2.05, 4.69) is 15.3 Å². The highest BCUT2D eigenvalue weighted by atomic mass is 16.7. The first-order valence-electron chi connectivity index (χ1n) is 6.58. The highest BCUT2D eigenvalue weighted by Gasteiger charge is 2.53. The molecule has 12 nitrogen and oxygen atoms in total. The number of ether oxygens (including phenoxy) is 1. The Hall–Kier alpha value is -1.95. The smallest absolute Gasteiger partial charge is 0.364 e. The van der Waals surface area contributed by atoms with Gasteiger partial charge in [0.1, 0.15) is 0 Å². The number of aliphatic carboxylic acids is 1. The summed E-state index contributed by atoms with van der Waals surface area (Å²) in [5.74, 6) is -5.22. The van der Waals surface area contributed by atoms with Crippen molar-refractivity contribution in [1.29, 1.82) is 0 Å². The molecule has 1 heterocycles. The van der Waals surface area contributed by atoms with Gasteiger partial charge in [-0.3, -0.25) is 4.79 Å². The van der Waals surface area contributed by atoms with Gasteiger partial charge in [0.2, 0.25) is 5.91 Å². The summed E-state index contributed by atoms with van der Waals surface area (Å²) < 4.78 is 5.00. The number of carboxylic acid groups (broad SMARTS) is 1. The van der Waals surface area contributed by atoms with E-state index < -0.39 is 61.1 Å².